The van der Waals surface area contributed by atoms with Gasteiger partial charge >= 0.3 is 0 Å². The fourth-order valence-electron chi connectivity index (χ4n) is 2.48. The minimum Gasteiger partial charge on any atom is -0.338 e. The topological polar surface area (TPSA) is 63.5 Å². The number of hydrogen-bond donors (Lipinski definition) is 0. The number of hydrogen-bond acceptors (Lipinski definition) is 3. The van der Waals surface area contributed by atoms with Crippen LogP contribution in [0.4, 0.5) is 5.69 Å². The van der Waals surface area contributed by atoms with E-state index in [1.165, 1.54) is 18.2 Å². The fourth-order valence-corrected chi connectivity index (χ4v) is 2.73. The summed E-state index contributed by atoms with van der Waals surface area (Å²) in [6, 6.07) is 3.98. The number of nitrogens with zero attached hydrogens (tertiary/aromatic N) is 2. The quantitative estimate of drug-likeness (QED) is 0.634. The van der Waals surface area contributed by atoms with Crippen LogP contribution >= 0.6 is 11.6 Å². The summed E-state index contributed by atoms with van der Waals surface area (Å²) >= 11 is 5.99. The SMILES string of the molecule is CC(C)C1CCN(C(=O)c2ccc([N+](=O)[O-])cc2Cl)C1. The lowest BCUT2D eigenvalue weighted by atomic mass is 9.95. The Balaban J connectivity index is 2.16. The number of halogens is 1. The number of nitro benzene ring substituents is 1. The molecule has 108 valence electrons. The third kappa shape index (κ3) is 2.93. The highest BCUT2D eigenvalue weighted by molar-refractivity contribution is 6.34. The number of carbonyl (C=O) groups excluding carboxylic acids is 1. The summed E-state index contributed by atoms with van der Waals surface area (Å²) in [6.07, 6.45) is 0.994. The van der Waals surface area contributed by atoms with Crippen molar-refractivity contribution in [3.63, 3.8) is 0 Å². The molecule has 0 N–H and O–H groups in total. The largest absolute Gasteiger partial charge is 0.338 e. The highest BCUT2D eigenvalue weighted by atomic mass is 35.5. The molecule has 1 unspecified atom stereocenters. The van der Waals surface area contributed by atoms with Crippen LogP contribution in [0.1, 0.15) is 30.6 Å². The number of carbonyl (C=O) groups is 1. The van der Waals surface area contributed by atoms with Crippen LogP contribution in [0, 0.1) is 22.0 Å². The van der Waals surface area contributed by atoms with Gasteiger partial charge in [0, 0.05) is 25.2 Å². The van der Waals surface area contributed by atoms with Crippen LogP contribution in [0.25, 0.3) is 0 Å². The van der Waals surface area contributed by atoms with Gasteiger partial charge in [0.2, 0.25) is 0 Å². The molecule has 1 heterocycles. The van der Waals surface area contributed by atoms with Gasteiger partial charge in [0.1, 0.15) is 0 Å². The van der Waals surface area contributed by atoms with E-state index < -0.39 is 4.92 Å². The summed E-state index contributed by atoms with van der Waals surface area (Å²) in [5.74, 6) is 0.906. The maximum absolute atomic E-state index is 12.4. The Hall–Kier alpha value is -1.62. The molecule has 1 atom stereocenters. The summed E-state index contributed by atoms with van der Waals surface area (Å²) in [6.45, 7) is 5.74. The smallest absolute Gasteiger partial charge is 0.270 e. The monoisotopic (exact) mass is 296 g/mol. The van der Waals surface area contributed by atoms with Gasteiger partial charge < -0.3 is 4.90 Å². The van der Waals surface area contributed by atoms with Crippen molar-refractivity contribution in [2.75, 3.05) is 13.1 Å². The van der Waals surface area contributed by atoms with Crippen molar-refractivity contribution in [1.82, 2.24) is 4.90 Å². The van der Waals surface area contributed by atoms with Crippen molar-refractivity contribution in [2.24, 2.45) is 11.8 Å². The average Bonchev–Trinajstić information content (AvgIpc) is 2.87. The summed E-state index contributed by atoms with van der Waals surface area (Å²) in [4.78, 5) is 24.3. The Bertz CT molecular complexity index is 545. The van der Waals surface area contributed by atoms with Gasteiger partial charge in [-0.1, -0.05) is 25.4 Å². The maximum atomic E-state index is 12.4. The highest BCUT2D eigenvalue weighted by Crippen LogP contribution is 2.28. The lowest BCUT2D eigenvalue weighted by Gasteiger charge is -2.18. The second-order valence-corrected chi connectivity index (χ2v) is 5.87. The van der Waals surface area contributed by atoms with Crippen molar-refractivity contribution >= 4 is 23.2 Å². The van der Waals surface area contributed by atoms with Crippen LogP contribution in [-0.4, -0.2) is 28.8 Å². The first-order chi connectivity index (χ1) is 9.40. The summed E-state index contributed by atoms with van der Waals surface area (Å²) in [5.41, 5.74) is 0.231. The molecule has 1 aliphatic rings. The molecule has 0 aromatic heterocycles. The zero-order valence-corrected chi connectivity index (χ0v) is 12.3. The molecule has 0 radical (unpaired) electrons. The van der Waals surface area contributed by atoms with Gasteiger partial charge in [-0.05, 0) is 24.3 Å². The van der Waals surface area contributed by atoms with Crippen molar-refractivity contribution in [2.45, 2.75) is 20.3 Å². The lowest BCUT2D eigenvalue weighted by Crippen LogP contribution is -2.29. The predicted octanol–water partition coefficient (Wildman–Crippen LogP) is 3.37. The Labute approximate surface area is 122 Å². The molecule has 1 amide bonds. The first-order valence-electron chi connectivity index (χ1n) is 6.63. The zero-order chi connectivity index (χ0) is 14.9. The second kappa shape index (κ2) is 5.79. The van der Waals surface area contributed by atoms with Gasteiger partial charge in [-0.15, -0.1) is 0 Å². The summed E-state index contributed by atoms with van der Waals surface area (Å²) in [7, 11) is 0. The summed E-state index contributed by atoms with van der Waals surface area (Å²) < 4.78 is 0. The normalized spacial score (nSPS) is 18.6. The number of non-ortho nitro benzene ring substituents is 1. The van der Waals surface area contributed by atoms with Gasteiger partial charge in [-0.3, -0.25) is 14.9 Å². The maximum Gasteiger partial charge on any atom is 0.270 e. The van der Waals surface area contributed by atoms with E-state index in [9.17, 15) is 14.9 Å². The Morgan fingerprint density at radius 2 is 2.20 bits per heavy atom. The van der Waals surface area contributed by atoms with Crippen LogP contribution < -0.4 is 0 Å². The molecule has 0 saturated carbocycles. The number of rotatable bonds is 3. The second-order valence-electron chi connectivity index (χ2n) is 5.47. The molecular weight excluding hydrogens is 280 g/mol. The van der Waals surface area contributed by atoms with E-state index in [-0.39, 0.29) is 16.6 Å². The van der Waals surface area contributed by atoms with E-state index in [2.05, 4.69) is 13.8 Å². The average molecular weight is 297 g/mol. The number of likely N-dealkylation sites (tertiary alicyclic amines) is 1. The third-order valence-corrected chi connectivity index (χ3v) is 4.16. The first-order valence-corrected chi connectivity index (χ1v) is 7.01. The van der Waals surface area contributed by atoms with Crippen molar-refractivity contribution in [1.29, 1.82) is 0 Å². The zero-order valence-electron chi connectivity index (χ0n) is 11.5. The Morgan fingerprint density at radius 3 is 2.70 bits per heavy atom. The molecule has 0 spiro atoms. The van der Waals surface area contributed by atoms with Gasteiger partial charge in [-0.2, -0.15) is 0 Å². The Morgan fingerprint density at radius 1 is 1.50 bits per heavy atom. The molecule has 0 bridgehead atoms. The molecule has 1 fully saturated rings. The Kier molecular flexibility index (Phi) is 4.28. The molecule has 6 heteroatoms. The van der Waals surface area contributed by atoms with E-state index in [0.717, 1.165) is 19.5 Å². The number of benzene rings is 1. The molecule has 0 aliphatic carbocycles. The molecule has 1 aliphatic heterocycles. The highest BCUT2D eigenvalue weighted by Gasteiger charge is 2.29. The van der Waals surface area contributed by atoms with Crippen LogP contribution in [-0.2, 0) is 0 Å². The fraction of sp³-hybridized carbons (Fsp3) is 0.500. The molecule has 1 saturated heterocycles. The van der Waals surface area contributed by atoms with Gasteiger partial charge in [0.25, 0.3) is 11.6 Å². The standard InChI is InChI=1S/C14H17ClN2O3/c1-9(2)10-5-6-16(8-10)14(18)12-4-3-11(17(19)20)7-13(12)15/h3-4,7,9-10H,5-6,8H2,1-2H3. The van der Waals surface area contributed by atoms with Crippen molar-refractivity contribution in [3.05, 3.63) is 38.9 Å². The van der Waals surface area contributed by atoms with Crippen molar-refractivity contribution in [3.8, 4) is 0 Å². The third-order valence-electron chi connectivity index (χ3n) is 3.85. The van der Waals surface area contributed by atoms with Crippen LogP contribution in [0.15, 0.2) is 18.2 Å². The molecular formula is C14H17ClN2O3. The van der Waals surface area contributed by atoms with Crippen LogP contribution in [0.5, 0.6) is 0 Å². The van der Waals surface area contributed by atoms with E-state index in [1.807, 2.05) is 0 Å². The van der Waals surface area contributed by atoms with E-state index >= 15 is 0 Å². The first kappa shape index (κ1) is 14.8. The van der Waals surface area contributed by atoms with Crippen molar-refractivity contribution < 1.29 is 9.72 Å². The molecule has 1 aromatic carbocycles. The van der Waals surface area contributed by atoms with Gasteiger partial charge in [0.15, 0.2) is 0 Å². The minimum atomic E-state index is -0.523. The summed E-state index contributed by atoms with van der Waals surface area (Å²) in [5, 5.41) is 10.8. The van der Waals surface area contributed by atoms with Gasteiger partial charge in [0.05, 0.1) is 15.5 Å². The molecule has 1 aromatic rings. The van der Waals surface area contributed by atoms with Crippen LogP contribution in [0.3, 0.4) is 0 Å². The predicted molar refractivity (Wildman–Crippen MR) is 77.0 cm³/mol. The van der Waals surface area contributed by atoms with Crippen LogP contribution in [0.2, 0.25) is 5.02 Å². The minimum absolute atomic E-state index is 0.104. The van der Waals surface area contributed by atoms with E-state index in [4.69, 9.17) is 11.6 Å². The molecule has 2 rings (SSSR count). The lowest BCUT2D eigenvalue weighted by molar-refractivity contribution is -0.384. The van der Waals surface area contributed by atoms with Gasteiger partial charge in [-0.25, -0.2) is 0 Å². The molecule has 20 heavy (non-hydrogen) atoms. The van der Waals surface area contributed by atoms with E-state index in [1.54, 1.807) is 4.90 Å². The number of nitro groups is 1. The number of amides is 1. The molecule has 5 nitrogen and oxygen atoms in total. The van der Waals surface area contributed by atoms with E-state index in [0.29, 0.717) is 17.4 Å².